The minimum absolute atomic E-state index is 0.0795. The van der Waals surface area contributed by atoms with Crippen LogP contribution in [0.5, 0.6) is 0 Å². The molecule has 1 rings (SSSR count). The van der Waals surface area contributed by atoms with Gasteiger partial charge < -0.3 is 5.32 Å². The topological polar surface area (TPSA) is 12.0 Å². The Morgan fingerprint density at radius 1 is 1.18 bits per heavy atom. The second-order valence-electron chi connectivity index (χ2n) is 7.76. The number of nitrogens with one attached hydrogen (secondary N) is 1. The van der Waals surface area contributed by atoms with Crippen molar-refractivity contribution < 1.29 is 0 Å². The fourth-order valence-corrected chi connectivity index (χ4v) is 2.93. The summed E-state index contributed by atoms with van der Waals surface area (Å²) in [6, 6.07) is 4.57. The van der Waals surface area contributed by atoms with Gasteiger partial charge in [0.25, 0.3) is 0 Å². The third-order valence-corrected chi connectivity index (χ3v) is 4.04. The Hall–Kier alpha value is -1.50. The van der Waals surface area contributed by atoms with Crippen LogP contribution in [0.3, 0.4) is 0 Å². The van der Waals surface area contributed by atoms with Crippen LogP contribution < -0.4 is 5.32 Å². The van der Waals surface area contributed by atoms with Gasteiger partial charge in [-0.3, -0.25) is 0 Å². The summed E-state index contributed by atoms with van der Waals surface area (Å²) in [4.78, 5) is 0. The van der Waals surface area contributed by atoms with Crippen molar-refractivity contribution in [3.05, 3.63) is 58.3 Å². The lowest BCUT2D eigenvalue weighted by Crippen LogP contribution is -2.32. The molecule has 0 fully saturated rings. The number of rotatable bonds is 5. The summed E-state index contributed by atoms with van der Waals surface area (Å²) in [5.74, 6) is 0.451. The molecule has 0 aromatic heterocycles. The van der Waals surface area contributed by atoms with Crippen LogP contribution in [-0.2, 0) is 6.42 Å². The molecule has 1 atom stereocenters. The highest BCUT2D eigenvalue weighted by atomic mass is 14.9. The Bertz CT molecular complexity index is 547. The van der Waals surface area contributed by atoms with Gasteiger partial charge in [0.15, 0.2) is 0 Å². The van der Waals surface area contributed by atoms with Crippen LogP contribution in [0.1, 0.15) is 56.9 Å². The summed E-state index contributed by atoms with van der Waals surface area (Å²) in [6.07, 6.45) is 3.22. The van der Waals surface area contributed by atoms with E-state index in [0.29, 0.717) is 5.92 Å². The predicted molar refractivity (Wildman–Crippen MR) is 99.3 cm³/mol. The van der Waals surface area contributed by atoms with Gasteiger partial charge in [0, 0.05) is 11.7 Å². The first-order valence-corrected chi connectivity index (χ1v) is 8.21. The molecule has 0 bridgehead atoms. The van der Waals surface area contributed by atoms with Crippen molar-refractivity contribution in [3.8, 4) is 0 Å². The van der Waals surface area contributed by atoms with Crippen LogP contribution in [0.2, 0.25) is 0 Å². The number of hydrogen-bond donors (Lipinski definition) is 1. The number of allylic oxidation sites excluding steroid dienone is 2. The lowest BCUT2D eigenvalue weighted by Gasteiger charge is -2.24. The highest BCUT2D eigenvalue weighted by Crippen LogP contribution is 2.26. The van der Waals surface area contributed by atoms with Crippen molar-refractivity contribution in [1.29, 1.82) is 0 Å². The average Bonchev–Trinajstić information content (AvgIpc) is 2.31. The van der Waals surface area contributed by atoms with E-state index >= 15 is 0 Å². The standard InChI is InChI=1S/C21H33N/c1-14(2)20(13-22-21(7,8)9)18(6)12-19-16(4)10-15(3)11-17(19)5/h10-11,13,18,22H,1,12H2,2-9H3/b20-13-. The fourth-order valence-electron chi connectivity index (χ4n) is 2.93. The van der Waals surface area contributed by atoms with Gasteiger partial charge in [0.1, 0.15) is 0 Å². The molecule has 0 saturated carbocycles. The first kappa shape index (κ1) is 18.5. The van der Waals surface area contributed by atoms with Crippen LogP contribution in [0, 0.1) is 26.7 Å². The van der Waals surface area contributed by atoms with Crippen LogP contribution >= 0.6 is 0 Å². The first-order chi connectivity index (χ1) is 10.0. The maximum atomic E-state index is 4.17. The summed E-state index contributed by atoms with van der Waals surface area (Å²) < 4.78 is 0. The largest absolute Gasteiger partial charge is 0.386 e. The second kappa shape index (κ2) is 7.17. The summed E-state index contributed by atoms with van der Waals surface area (Å²) in [5, 5.41) is 3.49. The molecule has 1 heteroatoms. The molecule has 1 unspecified atom stereocenters. The average molecular weight is 300 g/mol. The first-order valence-electron chi connectivity index (χ1n) is 8.21. The zero-order chi connectivity index (χ0) is 17.1. The van der Waals surface area contributed by atoms with E-state index in [1.165, 1.54) is 27.8 Å². The maximum absolute atomic E-state index is 4.17. The van der Waals surface area contributed by atoms with E-state index in [1.807, 2.05) is 0 Å². The van der Waals surface area contributed by atoms with E-state index in [0.717, 1.165) is 12.0 Å². The van der Waals surface area contributed by atoms with E-state index < -0.39 is 0 Å². The number of hydrogen-bond acceptors (Lipinski definition) is 1. The fraction of sp³-hybridized carbons (Fsp3) is 0.524. The molecule has 0 heterocycles. The molecule has 0 amide bonds. The van der Waals surface area contributed by atoms with Gasteiger partial charge in [-0.1, -0.05) is 36.8 Å². The van der Waals surface area contributed by atoms with Crippen molar-refractivity contribution >= 4 is 0 Å². The van der Waals surface area contributed by atoms with Crippen LogP contribution in [0.4, 0.5) is 0 Å². The number of benzene rings is 1. The Labute approximate surface area is 137 Å². The van der Waals surface area contributed by atoms with Crippen molar-refractivity contribution in [1.82, 2.24) is 5.32 Å². The molecule has 1 aromatic rings. The zero-order valence-electron chi connectivity index (χ0n) is 15.7. The number of aryl methyl sites for hydroxylation is 3. The molecule has 0 aliphatic carbocycles. The van der Waals surface area contributed by atoms with Crippen molar-refractivity contribution in [2.24, 2.45) is 5.92 Å². The summed E-state index contributed by atoms with van der Waals surface area (Å²) >= 11 is 0. The van der Waals surface area contributed by atoms with Crippen LogP contribution in [0.25, 0.3) is 0 Å². The van der Waals surface area contributed by atoms with E-state index in [-0.39, 0.29) is 5.54 Å². The molecule has 1 aromatic carbocycles. The third kappa shape index (κ3) is 5.36. The summed E-state index contributed by atoms with van der Waals surface area (Å²) in [5.41, 5.74) is 8.15. The van der Waals surface area contributed by atoms with E-state index in [4.69, 9.17) is 0 Å². The quantitative estimate of drug-likeness (QED) is 0.694. The summed E-state index contributed by atoms with van der Waals surface area (Å²) in [6.45, 7) is 21.7. The van der Waals surface area contributed by atoms with Gasteiger partial charge in [-0.2, -0.15) is 0 Å². The van der Waals surface area contributed by atoms with E-state index in [1.54, 1.807) is 0 Å². The SMILES string of the molecule is C=C(C)/C(=C/NC(C)(C)C)C(C)Cc1c(C)cc(C)cc1C. The van der Waals surface area contributed by atoms with Crippen LogP contribution in [0.15, 0.2) is 36.1 Å². The zero-order valence-corrected chi connectivity index (χ0v) is 15.7. The van der Waals surface area contributed by atoms with Crippen molar-refractivity contribution in [2.75, 3.05) is 0 Å². The minimum atomic E-state index is 0.0795. The highest BCUT2D eigenvalue weighted by molar-refractivity contribution is 5.39. The molecule has 0 aliphatic rings. The molecule has 0 aliphatic heterocycles. The third-order valence-electron chi connectivity index (χ3n) is 4.04. The minimum Gasteiger partial charge on any atom is -0.386 e. The normalized spacial score (nSPS) is 13.9. The van der Waals surface area contributed by atoms with Crippen LogP contribution in [-0.4, -0.2) is 5.54 Å². The van der Waals surface area contributed by atoms with Gasteiger partial charge in [0.05, 0.1) is 0 Å². The molecule has 22 heavy (non-hydrogen) atoms. The molecule has 0 spiro atoms. The van der Waals surface area contributed by atoms with E-state index in [2.05, 4.69) is 85.6 Å². The van der Waals surface area contributed by atoms with Crippen molar-refractivity contribution in [2.45, 2.75) is 67.3 Å². The van der Waals surface area contributed by atoms with Gasteiger partial charge >= 0.3 is 0 Å². The Kier molecular flexibility index (Phi) is 6.05. The molecule has 1 N–H and O–H groups in total. The molecule has 1 nitrogen and oxygen atoms in total. The van der Waals surface area contributed by atoms with E-state index in [9.17, 15) is 0 Å². The molecular formula is C21H33N. The molecule has 0 saturated heterocycles. The summed E-state index contributed by atoms with van der Waals surface area (Å²) in [7, 11) is 0. The Morgan fingerprint density at radius 2 is 1.68 bits per heavy atom. The Balaban J connectivity index is 3.03. The monoisotopic (exact) mass is 299 g/mol. The van der Waals surface area contributed by atoms with Gasteiger partial charge in [0.2, 0.25) is 0 Å². The second-order valence-corrected chi connectivity index (χ2v) is 7.76. The lowest BCUT2D eigenvalue weighted by atomic mass is 9.86. The maximum Gasteiger partial charge on any atom is 0.0284 e. The van der Waals surface area contributed by atoms with Gasteiger partial charge in [-0.15, -0.1) is 0 Å². The Morgan fingerprint density at radius 3 is 2.09 bits per heavy atom. The van der Waals surface area contributed by atoms with Gasteiger partial charge in [-0.25, -0.2) is 0 Å². The highest BCUT2D eigenvalue weighted by Gasteiger charge is 2.15. The molecule has 122 valence electrons. The van der Waals surface area contributed by atoms with Gasteiger partial charge in [-0.05, 0) is 83.1 Å². The molecule has 0 radical (unpaired) electrons. The van der Waals surface area contributed by atoms with Crippen molar-refractivity contribution in [3.63, 3.8) is 0 Å². The lowest BCUT2D eigenvalue weighted by molar-refractivity contribution is 0.486. The smallest absolute Gasteiger partial charge is 0.0284 e. The predicted octanol–water partition coefficient (Wildman–Crippen LogP) is 5.64. The molecular weight excluding hydrogens is 266 g/mol.